The van der Waals surface area contributed by atoms with E-state index in [0.29, 0.717) is 5.57 Å². The molecule has 0 radical (unpaired) electrons. The normalized spacial score (nSPS) is 18.4. The number of thiazole rings is 1. The molecule has 0 aliphatic carbocycles. The second-order valence-electron chi connectivity index (χ2n) is 6.87. The van der Waals surface area contributed by atoms with E-state index in [0.717, 1.165) is 28.0 Å². The molecule has 0 bridgehead atoms. The number of hydrogen-bond donors (Lipinski definition) is 3. The number of carbonyl (C=O) groups excluding carboxylic acids is 3. The zero-order valence-electron chi connectivity index (χ0n) is 20.4. The number of carboxylic acid groups (broad SMARTS) is 1. The quantitative estimate of drug-likeness (QED) is 0.134. The molecule has 4 heterocycles. The first kappa shape index (κ1) is 33.4. The summed E-state index contributed by atoms with van der Waals surface area (Å²) in [5.41, 5.74) is 5.89. The van der Waals surface area contributed by atoms with Gasteiger partial charge in [0.05, 0.1) is 6.26 Å². The van der Waals surface area contributed by atoms with Crippen molar-refractivity contribution in [3.63, 3.8) is 0 Å². The molecule has 0 spiro atoms. The van der Waals surface area contributed by atoms with Gasteiger partial charge in [0.1, 0.15) is 29.9 Å². The molecule has 2 atom stereocenters. The van der Waals surface area contributed by atoms with E-state index in [9.17, 15) is 24.3 Å². The van der Waals surface area contributed by atoms with Crippen LogP contribution in [-0.2, 0) is 19.2 Å². The zero-order chi connectivity index (χ0) is 24.4. The van der Waals surface area contributed by atoms with Crippen molar-refractivity contribution in [3.8, 4) is 0 Å². The summed E-state index contributed by atoms with van der Waals surface area (Å²) in [7, 11) is 1.26. The summed E-state index contributed by atoms with van der Waals surface area (Å²) < 4.78 is 5.05. The van der Waals surface area contributed by atoms with Gasteiger partial charge in [0.25, 0.3) is 16.9 Å². The number of nitrogens with two attached hydrogens (primary N) is 1. The summed E-state index contributed by atoms with van der Waals surface area (Å²) in [4.78, 5) is 59.6. The first-order chi connectivity index (χ1) is 16.3. The second kappa shape index (κ2) is 14.5. The molecule has 196 valence electrons. The number of nitrogen functional groups attached to an aromatic ring is 1. The van der Waals surface area contributed by atoms with Gasteiger partial charge in [0.2, 0.25) is 0 Å². The van der Waals surface area contributed by atoms with Gasteiger partial charge in [-0.2, -0.15) is 27.0 Å². The number of carboxylic acids is 1. The minimum Gasteiger partial charge on any atom is -1.00 e. The summed E-state index contributed by atoms with van der Waals surface area (Å²) in [5.74, 6) is -2.08. The van der Waals surface area contributed by atoms with E-state index in [1.165, 1.54) is 36.6 Å². The molecule has 2 aromatic heterocycles. The minimum atomic E-state index is -1.29. The topological polar surface area (TPSA) is 177 Å². The Bertz CT molecular complexity index is 1230. The van der Waals surface area contributed by atoms with Gasteiger partial charge in [-0.15, -0.1) is 23.1 Å². The fraction of sp³-hybridized carbons (Fsp3) is 0.263. The summed E-state index contributed by atoms with van der Waals surface area (Å²) >= 11 is 3.29. The third-order valence-electron chi connectivity index (χ3n) is 4.80. The number of β-lactam (4-membered cyclic amide) rings is 1. The fourth-order valence-electron chi connectivity index (χ4n) is 3.31. The number of aromatic nitrogens is 1. The molecular formula is C19H22N5NaO7S5. The number of carbonyl (C=O) groups is 4. The summed E-state index contributed by atoms with van der Waals surface area (Å²) in [6.45, 7) is 0. The Hall–Kier alpha value is -1.60. The molecule has 0 aromatic carbocycles. The maximum absolute atomic E-state index is 12.8. The second-order valence-corrected chi connectivity index (χ2v) is 9.81. The van der Waals surface area contributed by atoms with E-state index < -0.39 is 29.2 Å². The minimum absolute atomic E-state index is 0. The average molecular weight is 616 g/mol. The number of nitrogens with zero attached hydrogens (tertiary/aromatic N) is 3. The van der Waals surface area contributed by atoms with Crippen molar-refractivity contribution in [2.45, 2.75) is 11.4 Å². The number of amides is 2. The summed E-state index contributed by atoms with van der Waals surface area (Å²) in [6, 6.07) is 2.13. The van der Waals surface area contributed by atoms with Crippen LogP contribution < -0.4 is 40.6 Å². The summed E-state index contributed by atoms with van der Waals surface area (Å²) in [6.07, 6.45) is 1.37. The van der Waals surface area contributed by atoms with Gasteiger partial charge in [-0.1, -0.05) is 16.9 Å². The molecule has 0 saturated carbocycles. The van der Waals surface area contributed by atoms with Crippen molar-refractivity contribution in [2.24, 2.45) is 5.16 Å². The van der Waals surface area contributed by atoms with Gasteiger partial charge in [-0.25, -0.2) is 9.78 Å². The molecule has 2 aliphatic rings. The van der Waals surface area contributed by atoms with E-state index in [1.807, 2.05) is 0 Å². The number of oxime groups is 1. The van der Waals surface area contributed by atoms with Gasteiger partial charge in [0, 0.05) is 16.9 Å². The third-order valence-corrected chi connectivity index (χ3v) is 7.77. The van der Waals surface area contributed by atoms with Crippen LogP contribution in [0.3, 0.4) is 0 Å². The molecule has 2 aliphatic heterocycles. The van der Waals surface area contributed by atoms with E-state index in [4.69, 9.17) is 15.0 Å². The van der Waals surface area contributed by atoms with Crippen LogP contribution in [-0.4, -0.2) is 73.6 Å². The number of rotatable bonds is 8. The zero-order valence-corrected chi connectivity index (χ0v) is 25.9. The molecule has 12 nitrogen and oxygen atoms in total. The SMILES string of the molecule is CO/N=C(\C(=O)N[C@@H]1C(=O)N2C(C(=O)O)=C(CSC(=O)c3ccco3)CS[C@H]12)c1csc(N)n1.S.S.[H-].[Na+]. The molecule has 2 aromatic rings. The van der Waals surface area contributed by atoms with Crippen LogP contribution in [0.15, 0.2) is 44.6 Å². The fourth-order valence-corrected chi connectivity index (χ4v) is 6.14. The Labute approximate surface area is 260 Å². The van der Waals surface area contributed by atoms with E-state index in [1.54, 1.807) is 6.07 Å². The van der Waals surface area contributed by atoms with Gasteiger partial charge < -0.3 is 26.8 Å². The largest absolute Gasteiger partial charge is 1.00 e. The molecular weight excluding hydrogens is 594 g/mol. The van der Waals surface area contributed by atoms with Crippen LogP contribution in [0.5, 0.6) is 0 Å². The molecule has 0 unspecified atom stereocenters. The van der Waals surface area contributed by atoms with Gasteiger partial charge >= 0.3 is 35.5 Å². The summed E-state index contributed by atoms with van der Waals surface area (Å²) in [5, 5.41) is 16.8. The van der Waals surface area contributed by atoms with Crippen LogP contribution in [0.2, 0.25) is 0 Å². The first-order valence-electron chi connectivity index (χ1n) is 9.55. The number of anilines is 1. The van der Waals surface area contributed by atoms with Crippen molar-refractivity contribution >= 4 is 95.6 Å². The standard InChI is InChI=1S/C19H17N5O7S3.Na.2H2S.H/c1-30-23-11(9-7-34-19(20)21-9)14(25)22-12-15(26)24-13(17(27)28)8(5-32-16(12)24)6-33-18(29)10-3-2-4-31-10;;;;/h2-4,7,12,16H,5-6H2,1H3,(H2,20,21)(H,22,25)(H,27,28);;2*1H2;/q;+1;;;-1/b23-11-;;;;/t12-,16-;;;;/m1..../s1. The molecule has 1 fully saturated rings. The number of furan rings is 1. The number of hydrogen-bond acceptors (Lipinski definition) is 12. The number of aliphatic carboxylic acids is 1. The van der Waals surface area contributed by atoms with E-state index in [2.05, 4.69) is 15.5 Å². The van der Waals surface area contributed by atoms with Crippen molar-refractivity contribution < 1.29 is 64.5 Å². The van der Waals surface area contributed by atoms with Gasteiger partial charge in [0.15, 0.2) is 16.6 Å². The average Bonchev–Trinajstić information content (AvgIpc) is 3.50. The Morgan fingerprint density at radius 2 is 2.16 bits per heavy atom. The van der Waals surface area contributed by atoms with Crippen LogP contribution in [0.4, 0.5) is 5.13 Å². The maximum atomic E-state index is 12.8. The smallest absolute Gasteiger partial charge is 1.00 e. The Morgan fingerprint density at radius 3 is 2.73 bits per heavy atom. The molecule has 18 heteroatoms. The predicted octanol–water partition coefficient (Wildman–Crippen LogP) is -1.68. The predicted molar refractivity (Wildman–Crippen MR) is 147 cm³/mol. The van der Waals surface area contributed by atoms with E-state index in [-0.39, 0.29) is 103 Å². The number of nitrogens with one attached hydrogen (secondary N) is 1. The number of fused-ring (bicyclic) bond motifs is 1. The molecule has 4 rings (SSSR count). The molecule has 37 heavy (non-hydrogen) atoms. The van der Waals surface area contributed by atoms with Crippen LogP contribution in [0, 0.1) is 0 Å². The van der Waals surface area contributed by atoms with Gasteiger partial charge in [-0.05, 0) is 17.7 Å². The van der Waals surface area contributed by atoms with Crippen LogP contribution in [0.1, 0.15) is 17.7 Å². The Morgan fingerprint density at radius 1 is 1.43 bits per heavy atom. The Balaban J connectivity index is 0.00000342. The van der Waals surface area contributed by atoms with Gasteiger partial charge in [-0.3, -0.25) is 19.3 Å². The van der Waals surface area contributed by atoms with Crippen LogP contribution >= 0.6 is 61.9 Å². The van der Waals surface area contributed by atoms with Crippen LogP contribution in [0.25, 0.3) is 0 Å². The monoisotopic (exact) mass is 615 g/mol. The van der Waals surface area contributed by atoms with Crippen molar-refractivity contribution in [3.05, 3.63) is 46.5 Å². The third kappa shape index (κ3) is 7.08. The molecule has 1 saturated heterocycles. The van der Waals surface area contributed by atoms with Crippen molar-refractivity contribution in [1.82, 2.24) is 15.2 Å². The maximum Gasteiger partial charge on any atom is 1.00 e. The number of thioether (sulfide) groups is 2. The Kier molecular flexibility index (Phi) is 13.1. The molecule has 4 N–H and O–H groups in total. The van der Waals surface area contributed by atoms with E-state index >= 15 is 0 Å². The van der Waals surface area contributed by atoms with Crippen molar-refractivity contribution in [1.29, 1.82) is 0 Å². The molecule has 2 amide bonds. The first-order valence-corrected chi connectivity index (χ1v) is 12.5. The van der Waals surface area contributed by atoms with Crippen molar-refractivity contribution in [2.75, 3.05) is 24.3 Å².